The van der Waals surface area contributed by atoms with Gasteiger partial charge in [-0.25, -0.2) is 0 Å². The number of rotatable bonds is 3. The summed E-state index contributed by atoms with van der Waals surface area (Å²) in [6.45, 7) is 3.41. The molecule has 1 amide bonds. The molecule has 100 valence electrons. The number of amides is 1. The fraction of sp³-hybridized carbons (Fsp3) is 0.286. The first-order chi connectivity index (χ1) is 9.02. The van der Waals surface area contributed by atoms with E-state index in [9.17, 15) is 9.59 Å². The number of aromatic nitrogens is 1. The number of hydrogen-bond acceptors (Lipinski definition) is 2. The molecule has 1 aromatic heterocycles. The minimum atomic E-state index is -0.284. The van der Waals surface area contributed by atoms with E-state index in [0.717, 1.165) is 22.9 Å². The van der Waals surface area contributed by atoms with Crippen molar-refractivity contribution in [3.63, 3.8) is 0 Å². The number of fused-ring (bicyclic) bond motifs is 1. The summed E-state index contributed by atoms with van der Waals surface area (Å²) in [6.07, 6.45) is 1.58. The first-order valence-electron chi connectivity index (χ1n) is 6.15. The largest absolute Gasteiger partial charge is 0.321 e. The van der Waals surface area contributed by atoms with Crippen LogP contribution < -0.4 is 10.9 Å². The highest BCUT2D eigenvalue weighted by molar-refractivity contribution is 6.31. The van der Waals surface area contributed by atoms with E-state index in [0.29, 0.717) is 17.1 Å². The van der Waals surface area contributed by atoms with Crippen molar-refractivity contribution in [2.24, 2.45) is 0 Å². The fourth-order valence-electron chi connectivity index (χ4n) is 2.15. The van der Waals surface area contributed by atoms with Gasteiger partial charge in [0.05, 0.1) is 0 Å². The van der Waals surface area contributed by atoms with Gasteiger partial charge < -0.3 is 10.3 Å². The maximum absolute atomic E-state index is 12.0. The molecule has 1 heterocycles. The highest BCUT2D eigenvalue weighted by Crippen LogP contribution is 2.25. The van der Waals surface area contributed by atoms with E-state index in [1.165, 1.54) is 6.92 Å². The Hall–Kier alpha value is -1.81. The van der Waals surface area contributed by atoms with Crippen LogP contribution in [0.25, 0.3) is 10.9 Å². The second-order valence-electron chi connectivity index (χ2n) is 4.43. The average Bonchev–Trinajstić information content (AvgIpc) is 2.34. The summed E-state index contributed by atoms with van der Waals surface area (Å²) >= 11 is 6.01. The van der Waals surface area contributed by atoms with E-state index in [2.05, 4.69) is 10.3 Å². The third-order valence-electron chi connectivity index (χ3n) is 2.88. The summed E-state index contributed by atoms with van der Waals surface area (Å²) in [5, 5.41) is 4.09. The molecule has 0 aliphatic carbocycles. The van der Waals surface area contributed by atoms with Gasteiger partial charge in [-0.2, -0.15) is 0 Å². The number of aromatic amines is 1. The molecule has 0 aliphatic heterocycles. The molecule has 2 N–H and O–H groups in total. The first-order valence-corrected chi connectivity index (χ1v) is 6.52. The summed E-state index contributed by atoms with van der Waals surface area (Å²) in [5.41, 5.74) is 1.60. The van der Waals surface area contributed by atoms with Crippen LogP contribution in [-0.4, -0.2) is 10.9 Å². The number of carbonyl (C=O) groups excluding carboxylic acids is 1. The Kier molecular flexibility index (Phi) is 3.90. The molecular formula is C14H15ClN2O2. The number of halogens is 1. The van der Waals surface area contributed by atoms with Crippen molar-refractivity contribution in [1.82, 2.24) is 4.98 Å². The van der Waals surface area contributed by atoms with Gasteiger partial charge in [0, 0.05) is 22.8 Å². The molecule has 0 spiro atoms. The molecule has 4 nitrogen and oxygen atoms in total. The second-order valence-corrected chi connectivity index (χ2v) is 4.87. The highest BCUT2D eigenvalue weighted by Gasteiger charge is 2.13. The van der Waals surface area contributed by atoms with Crippen LogP contribution in [0.4, 0.5) is 5.69 Å². The van der Waals surface area contributed by atoms with Crippen LogP contribution in [-0.2, 0) is 11.2 Å². The maximum Gasteiger partial charge on any atom is 0.272 e. The first kappa shape index (κ1) is 13.6. The Labute approximate surface area is 115 Å². The monoisotopic (exact) mass is 278 g/mol. The lowest BCUT2D eigenvalue weighted by Gasteiger charge is -2.12. The highest BCUT2D eigenvalue weighted by atomic mass is 35.5. The molecule has 0 unspecified atom stereocenters. The number of pyridine rings is 1. The summed E-state index contributed by atoms with van der Waals surface area (Å²) in [6, 6.07) is 5.31. The van der Waals surface area contributed by atoms with Crippen LogP contribution in [0.1, 0.15) is 25.8 Å². The van der Waals surface area contributed by atoms with Crippen molar-refractivity contribution in [1.29, 1.82) is 0 Å². The van der Waals surface area contributed by atoms with Gasteiger partial charge in [-0.3, -0.25) is 9.59 Å². The zero-order valence-corrected chi connectivity index (χ0v) is 11.6. The molecule has 0 atom stereocenters. The van der Waals surface area contributed by atoms with Crippen molar-refractivity contribution in [3.05, 3.63) is 39.1 Å². The predicted molar refractivity (Wildman–Crippen MR) is 77.9 cm³/mol. The zero-order valence-electron chi connectivity index (χ0n) is 10.8. The molecule has 0 radical (unpaired) electrons. The Morgan fingerprint density at radius 2 is 2.16 bits per heavy atom. The van der Waals surface area contributed by atoms with E-state index < -0.39 is 0 Å². The molecule has 0 fully saturated rings. The molecule has 2 rings (SSSR count). The van der Waals surface area contributed by atoms with Crippen molar-refractivity contribution >= 4 is 34.1 Å². The lowest BCUT2D eigenvalue weighted by Crippen LogP contribution is -2.20. The predicted octanol–water partition coefficient (Wildman–Crippen LogP) is 3.09. The number of carbonyl (C=O) groups is 1. The van der Waals surface area contributed by atoms with Crippen LogP contribution in [0.5, 0.6) is 0 Å². The van der Waals surface area contributed by atoms with E-state index in [1.807, 2.05) is 13.0 Å². The molecule has 5 heteroatoms. The lowest BCUT2D eigenvalue weighted by atomic mass is 10.0. The van der Waals surface area contributed by atoms with E-state index >= 15 is 0 Å². The van der Waals surface area contributed by atoms with Crippen molar-refractivity contribution in [2.75, 3.05) is 5.32 Å². The fourth-order valence-corrected chi connectivity index (χ4v) is 2.32. The Morgan fingerprint density at radius 3 is 2.79 bits per heavy atom. The van der Waals surface area contributed by atoms with Gasteiger partial charge in [0.1, 0.15) is 5.69 Å². The third-order valence-corrected chi connectivity index (χ3v) is 3.12. The van der Waals surface area contributed by atoms with E-state index in [1.54, 1.807) is 12.1 Å². The number of benzene rings is 1. The van der Waals surface area contributed by atoms with Crippen LogP contribution in [0.2, 0.25) is 5.02 Å². The molecule has 0 saturated carbocycles. The third kappa shape index (κ3) is 2.79. The Morgan fingerprint density at radius 1 is 1.42 bits per heavy atom. The maximum atomic E-state index is 12.0. The quantitative estimate of drug-likeness (QED) is 0.906. The molecule has 0 bridgehead atoms. The number of nitrogens with one attached hydrogen (secondary N) is 2. The van der Waals surface area contributed by atoms with Gasteiger partial charge in [-0.1, -0.05) is 24.9 Å². The number of aryl methyl sites for hydroxylation is 1. The van der Waals surface area contributed by atoms with Gasteiger partial charge >= 0.3 is 0 Å². The average molecular weight is 279 g/mol. The van der Waals surface area contributed by atoms with Gasteiger partial charge in [0.25, 0.3) is 5.56 Å². The summed E-state index contributed by atoms with van der Waals surface area (Å²) in [5.74, 6) is -0.260. The lowest BCUT2D eigenvalue weighted by molar-refractivity contribution is -0.114. The second kappa shape index (κ2) is 5.45. The number of hydrogen-bond donors (Lipinski definition) is 2. The minimum absolute atomic E-state index is 0.260. The van der Waals surface area contributed by atoms with E-state index in [-0.39, 0.29) is 11.5 Å². The molecule has 1 aromatic carbocycles. The van der Waals surface area contributed by atoms with Crippen LogP contribution >= 0.6 is 11.6 Å². The summed E-state index contributed by atoms with van der Waals surface area (Å²) < 4.78 is 0. The van der Waals surface area contributed by atoms with Gasteiger partial charge in [0.15, 0.2) is 0 Å². The van der Waals surface area contributed by atoms with Crippen molar-refractivity contribution in [2.45, 2.75) is 26.7 Å². The van der Waals surface area contributed by atoms with Crippen LogP contribution in [0, 0.1) is 0 Å². The smallest absolute Gasteiger partial charge is 0.272 e. The normalized spacial score (nSPS) is 10.7. The van der Waals surface area contributed by atoms with E-state index in [4.69, 9.17) is 11.6 Å². The molecule has 2 aromatic rings. The van der Waals surface area contributed by atoms with Crippen molar-refractivity contribution < 1.29 is 4.79 Å². The van der Waals surface area contributed by atoms with Gasteiger partial charge in [0.2, 0.25) is 5.91 Å². The summed E-state index contributed by atoms with van der Waals surface area (Å²) in [7, 11) is 0. The Bertz CT molecular complexity index is 692. The number of H-pyrrole nitrogens is 1. The van der Waals surface area contributed by atoms with Crippen LogP contribution in [0.3, 0.4) is 0 Å². The molecule has 0 saturated heterocycles. The van der Waals surface area contributed by atoms with Gasteiger partial charge in [-0.05, 0) is 30.2 Å². The molecule has 19 heavy (non-hydrogen) atoms. The topological polar surface area (TPSA) is 62.0 Å². The molecular weight excluding hydrogens is 264 g/mol. The van der Waals surface area contributed by atoms with Crippen molar-refractivity contribution in [3.8, 4) is 0 Å². The SMILES string of the molecule is CCCc1c(NC(C)=O)c(=O)[nH]c2ccc(Cl)cc12. The standard InChI is InChI=1S/C14H15ClN2O2/c1-3-4-10-11-7-9(15)5-6-12(11)17-14(19)13(10)16-8(2)18/h5-7H,3-4H2,1-2H3,(H,16,18)(H,17,19). The number of anilines is 1. The zero-order chi connectivity index (χ0) is 14.0. The minimum Gasteiger partial charge on any atom is -0.321 e. The summed E-state index contributed by atoms with van der Waals surface area (Å²) in [4.78, 5) is 26.0. The molecule has 0 aliphatic rings. The van der Waals surface area contributed by atoms with Crippen LogP contribution in [0.15, 0.2) is 23.0 Å². The van der Waals surface area contributed by atoms with Gasteiger partial charge in [-0.15, -0.1) is 0 Å². The Balaban J connectivity index is 2.78.